The van der Waals surface area contributed by atoms with Crippen LogP contribution in [-0.2, 0) is 4.79 Å². The molecule has 0 aromatic carbocycles. The van der Waals surface area contributed by atoms with Crippen LogP contribution in [0, 0.1) is 0 Å². The van der Waals surface area contributed by atoms with E-state index in [1.807, 2.05) is 0 Å². The fraction of sp³-hybridized carbons (Fsp3) is 0.737. The van der Waals surface area contributed by atoms with Gasteiger partial charge in [-0.25, -0.2) is 0 Å². The van der Waals surface area contributed by atoms with Crippen molar-refractivity contribution in [2.24, 2.45) is 5.73 Å². The van der Waals surface area contributed by atoms with Gasteiger partial charge in [0.15, 0.2) is 0 Å². The molecule has 0 atom stereocenters. The Hall–Kier alpha value is -1.05. The van der Waals surface area contributed by atoms with E-state index in [4.69, 9.17) is 5.73 Å². The summed E-state index contributed by atoms with van der Waals surface area (Å²) in [6.45, 7) is 2.24. The van der Waals surface area contributed by atoms with E-state index in [1.54, 1.807) is 0 Å². The Morgan fingerprint density at radius 2 is 1.29 bits per heavy atom. The van der Waals surface area contributed by atoms with Gasteiger partial charge in [-0.15, -0.1) is 0 Å². The second kappa shape index (κ2) is 17.0. The van der Waals surface area contributed by atoms with E-state index >= 15 is 0 Å². The lowest BCUT2D eigenvalue weighted by Crippen LogP contribution is -2.09. The van der Waals surface area contributed by atoms with Crippen LogP contribution in [0.1, 0.15) is 90.4 Å². The quantitative estimate of drug-likeness (QED) is 0.306. The molecule has 0 unspecified atom stereocenters. The summed E-state index contributed by atoms with van der Waals surface area (Å²) in [6.07, 6.45) is 24.4. The summed E-state index contributed by atoms with van der Waals surface area (Å²) < 4.78 is 0. The van der Waals surface area contributed by atoms with E-state index < -0.39 is 0 Å². The first-order chi connectivity index (χ1) is 10.3. The van der Waals surface area contributed by atoms with Gasteiger partial charge in [0.25, 0.3) is 0 Å². The van der Waals surface area contributed by atoms with Gasteiger partial charge in [-0.3, -0.25) is 4.79 Å². The molecule has 2 nitrogen and oxygen atoms in total. The first kappa shape index (κ1) is 19.9. The normalized spacial score (nSPS) is 11.7. The molecule has 0 saturated heterocycles. The van der Waals surface area contributed by atoms with Crippen LogP contribution in [-0.4, -0.2) is 5.91 Å². The van der Waals surface area contributed by atoms with Gasteiger partial charge in [0.05, 0.1) is 0 Å². The molecule has 0 radical (unpaired) electrons. The predicted molar refractivity (Wildman–Crippen MR) is 93.2 cm³/mol. The van der Waals surface area contributed by atoms with Crippen LogP contribution in [0.25, 0.3) is 0 Å². The molecule has 1 amide bonds. The van der Waals surface area contributed by atoms with Gasteiger partial charge >= 0.3 is 0 Å². The Morgan fingerprint density at radius 1 is 0.762 bits per heavy atom. The Labute approximate surface area is 131 Å². The standard InChI is InChI=1S/C19H35NO/c1-2-3-4-5-6-7-8-9-10-11-12-13-14-15-16-17-18-19(20)21/h6-7,9-10H,2-5,8,11-18H2,1H3,(H2,20,21)/b7-6+,10-9+. The zero-order chi connectivity index (χ0) is 15.6. The maximum absolute atomic E-state index is 10.6. The first-order valence-corrected chi connectivity index (χ1v) is 8.85. The number of rotatable bonds is 15. The first-order valence-electron chi connectivity index (χ1n) is 8.85. The molecule has 2 heteroatoms. The van der Waals surface area contributed by atoms with Crippen molar-refractivity contribution in [3.8, 4) is 0 Å². The van der Waals surface area contributed by atoms with Crippen molar-refractivity contribution >= 4 is 5.91 Å². The molecular formula is C19H35NO. The third kappa shape index (κ3) is 18.9. The highest BCUT2D eigenvalue weighted by molar-refractivity contribution is 5.73. The topological polar surface area (TPSA) is 43.1 Å². The monoisotopic (exact) mass is 293 g/mol. The number of primary amides is 1. The molecule has 0 aliphatic heterocycles. The van der Waals surface area contributed by atoms with E-state index in [-0.39, 0.29) is 5.91 Å². The Kier molecular flexibility index (Phi) is 16.2. The van der Waals surface area contributed by atoms with E-state index in [0.29, 0.717) is 6.42 Å². The molecule has 0 aliphatic carbocycles. The number of carbonyl (C=O) groups is 1. The summed E-state index contributed by atoms with van der Waals surface area (Å²) >= 11 is 0. The van der Waals surface area contributed by atoms with Crippen molar-refractivity contribution in [3.63, 3.8) is 0 Å². The SMILES string of the molecule is CCCCC/C=C/C/C=C/CCCCCCCCC(N)=O. The number of carbonyl (C=O) groups excluding carboxylic acids is 1. The Morgan fingerprint density at radius 3 is 1.86 bits per heavy atom. The molecular weight excluding hydrogens is 258 g/mol. The van der Waals surface area contributed by atoms with Crippen LogP contribution in [0.15, 0.2) is 24.3 Å². The fourth-order valence-electron chi connectivity index (χ4n) is 2.29. The van der Waals surface area contributed by atoms with Gasteiger partial charge < -0.3 is 5.73 Å². The van der Waals surface area contributed by atoms with Crippen LogP contribution in [0.5, 0.6) is 0 Å². The average Bonchev–Trinajstić information content (AvgIpc) is 2.46. The summed E-state index contributed by atoms with van der Waals surface area (Å²) in [6, 6.07) is 0. The lowest BCUT2D eigenvalue weighted by molar-refractivity contribution is -0.118. The van der Waals surface area contributed by atoms with Crippen molar-refractivity contribution in [1.29, 1.82) is 0 Å². The molecule has 0 rings (SSSR count). The van der Waals surface area contributed by atoms with E-state index in [9.17, 15) is 4.79 Å². The van der Waals surface area contributed by atoms with Crippen LogP contribution in [0.3, 0.4) is 0 Å². The van der Waals surface area contributed by atoms with Gasteiger partial charge in [-0.2, -0.15) is 0 Å². The zero-order valence-electron chi connectivity index (χ0n) is 14.0. The number of nitrogens with two attached hydrogens (primary N) is 1. The van der Waals surface area contributed by atoms with Gasteiger partial charge in [0.1, 0.15) is 0 Å². The zero-order valence-corrected chi connectivity index (χ0v) is 14.0. The van der Waals surface area contributed by atoms with Crippen molar-refractivity contribution in [2.75, 3.05) is 0 Å². The van der Waals surface area contributed by atoms with E-state index in [1.165, 1.54) is 57.8 Å². The van der Waals surface area contributed by atoms with Crippen molar-refractivity contribution in [1.82, 2.24) is 0 Å². The summed E-state index contributed by atoms with van der Waals surface area (Å²) in [4.78, 5) is 10.6. The molecule has 2 N–H and O–H groups in total. The lowest BCUT2D eigenvalue weighted by Gasteiger charge is -1.99. The molecule has 122 valence electrons. The number of hydrogen-bond acceptors (Lipinski definition) is 1. The second-order valence-corrected chi connectivity index (χ2v) is 5.80. The van der Waals surface area contributed by atoms with Gasteiger partial charge in [-0.05, 0) is 38.5 Å². The van der Waals surface area contributed by atoms with Crippen LogP contribution < -0.4 is 5.73 Å². The molecule has 0 fully saturated rings. The lowest BCUT2D eigenvalue weighted by atomic mass is 10.1. The minimum absolute atomic E-state index is 0.167. The van der Waals surface area contributed by atoms with Crippen LogP contribution in [0.4, 0.5) is 0 Å². The predicted octanol–water partition coefficient (Wildman–Crippen LogP) is 5.68. The Balaban J connectivity index is 3.16. The summed E-state index contributed by atoms with van der Waals surface area (Å²) in [5.41, 5.74) is 5.10. The van der Waals surface area contributed by atoms with Gasteiger partial charge in [0, 0.05) is 6.42 Å². The molecule has 0 aliphatic rings. The van der Waals surface area contributed by atoms with E-state index in [0.717, 1.165) is 19.3 Å². The maximum Gasteiger partial charge on any atom is 0.217 e. The highest BCUT2D eigenvalue weighted by Gasteiger charge is 1.94. The van der Waals surface area contributed by atoms with Crippen LogP contribution in [0.2, 0.25) is 0 Å². The highest BCUT2D eigenvalue weighted by Crippen LogP contribution is 2.09. The minimum atomic E-state index is -0.167. The summed E-state index contributed by atoms with van der Waals surface area (Å²) in [5, 5.41) is 0. The van der Waals surface area contributed by atoms with Crippen molar-refractivity contribution in [3.05, 3.63) is 24.3 Å². The molecule has 0 saturated carbocycles. The van der Waals surface area contributed by atoms with Gasteiger partial charge in [-0.1, -0.05) is 69.8 Å². The molecule has 0 heterocycles. The number of unbranched alkanes of at least 4 members (excludes halogenated alkanes) is 9. The molecule has 0 aromatic rings. The molecule has 0 spiro atoms. The minimum Gasteiger partial charge on any atom is -0.370 e. The average molecular weight is 293 g/mol. The highest BCUT2D eigenvalue weighted by atomic mass is 16.1. The van der Waals surface area contributed by atoms with Crippen molar-refractivity contribution in [2.45, 2.75) is 90.4 Å². The van der Waals surface area contributed by atoms with Gasteiger partial charge in [0.2, 0.25) is 5.91 Å². The van der Waals surface area contributed by atoms with Crippen molar-refractivity contribution < 1.29 is 4.79 Å². The van der Waals surface area contributed by atoms with Crippen LogP contribution >= 0.6 is 0 Å². The molecule has 0 aromatic heterocycles. The summed E-state index contributed by atoms with van der Waals surface area (Å²) in [5.74, 6) is -0.167. The summed E-state index contributed by atoms with van der Waals surface area (Å²) in [7, 11) is 0. The Bertz CT molecular complexity index is 281. The smallest absolute Gasteiger partial charge is 0.217 e. The fourth-order valence-corrected chi connectivity index (χ4v) is 2.29. The number of hydrogen-bond donors (Lipinski definition) is 1. The largest absolute Gasteiger partial charge is 0.370 e. The molecule has 0 bridgehead atoms. The number of allylic oxidation sites excluding steroid dienone is 4. The second-order valence-electron chi connectivity index (χ2n) is 5.80. The third-order valence-corrected chi connectivity index (χ3v) is 3.62. The van der Waals surface area contributed by atoms with E-state index in [2.05, 4.69) is 31.2 Å². The number of amides is 1. The molecule has 21 heavy (non-hydrogen) atoms. The third-order valence-electron chi connectivity index (χ3n) is 3.62. The maximum atomic E-state index is 10.6.